The Bertz CT molecular complexity index is 652. The Morgan fingerprint density at radius 3 is 2.90 bits per heavy atom. The fourth-order valence-electron chi connectivity index (χ4n) is 3.09. The highest BCUT2D eigenvalue weighted by Crippen LogP contribution is 2.31. The fraction of sp³-hybridized carbons (Fsp3) is 0.333. The van der Waals surface area contributed by atoms with Crippen LogP contribution >= 0.6 is 0 Å². The van der Waals surface area contributed by atoms with Gasteiger partial charge in [0.2, 0.25) is 0 Å². The molecule has 0 saturated carbocycles. The Balaban J connectivity index is 1.93. The number of phenolic OH excluding ortho intramolecular Hbond substituents is 1. The van der Waals surface area contributed by atoms with E-state index in [4.69, 9.17) is 4.74 Å². The summed E-state index contributed by atoms with van der Waals surface area (Å²) in [6, 6.07) is 12.2. The van der Waals surface area contributed by atoms with Gasteiger partial charge in [-0.15, -0.1) is 0 Å². The smallest absolute Gasteiger partial charge is 0.122 e. The lowest BCUT2D eigenvalue weighted by molar-refractivity contribution is 0.403. The number of hydrogen-bond donors (Lipinski definition) is 2. The van der Waals surface area contributed by atoms with Crippen molar-refractivity contribution in [1.82, 2.24) is 5.32 Å². The first-order valence-corrected chi connectivity index (χ1v) is 7.36. The topological polar surface area (TPSA) is 41.5 Å². The summed E-state index contributed by atoms with van der Waals surface area (Å²) in [4.78, 5) is 0. The van der Waals surface area contributed by atoms with Crippen LogP contribution in [0.3, 0.4) is 0 Å². The minimum atomic E-state index is 0.219. The van der Waals surface area contributed by atoms with Crippen molar-refractivity contribution in [3.8, 4) is 11.5 Å². The van der Waals surface area contributed by atoms with Gasteiger partial charge in [0.25, 0.3) is 0 Å². The van der Waals surface area contributed by atoms with Gasteiger partial charge in [-0.3, -0.25) is 0 Å². The van der Waals surface area contributed by atoms with E-state index in [1.807, 2.05) is 18.2 Å². The maximum atomic E-state index is 9.76. The van der Waals surface area contributed by atoms with Gasteiger partial charge in [0.05, 0.1) is 7.11 Å². The lowest BCUT2D eigenvalue weighted by atomic mass is 9.89. The molecule has 0 saturated heterocycles. The van der Waals surface area contributed by atoms with Gasteiger partial charge in [-0.2, -0.15) is 0 Å². The Morgan fingerprint density at radius 1 is 1.24 bits per heavy atom. The predicted molar refractivity (Wildman–Crippen MR) is 84.0 cm³/mol. The highest BCUT2D eigenvalue weighted by atomic mass is 16.5. The molecule has 21 heavy (non-hydrogen) atoms. The van der Waals surface area contributed by atoms with E-state index in [2.05, 4.69) is 24.4 Å². The lowest BCUT2D eigenvalue weighted by Gasteiger charge is -2.28. The number of aryl methyl sites for hydroxylation is 1. The minimum absolute atomic E-state index is 0.219. The summed E-state index contributed by atoms with van der Waals surface area (Å²) < 4.78 is 5.48. The molecule has 2 aromatic rings. The second kappa shape index (κ2) is 5.78. The molecule has 0 radical (unpaired) electrons. The van der Waals surface area contributed by atoms with Gasteiger partial charge in [0.1, 0.15) is 11.5 Å². The second-order valence-corrected chi connectivity index (χ2v) is 5.66. The highest BCUT2D eigenvalue weighted by molar-refractivity contribution is 5.42. The van der Waals surface area contributed by atoms with Crippen LogP contribution in [0.5, 0.6) is 11.5 Å². The quantitative estimate of drug-likeness (QED) is 0.909. The van der Waals surface area contributed by atoms with E-state index in [1.54, 1.807) is 13.2 Å². The highest BCUT2D eigenvalue weighted by Gasteiger charge is 2.21. The van der Waals surface area contributed by atoms with Crippen LogP contribution in [0.4, 0.5) is 0 Å². The van der Waals surface area contributed by atoms with Crippen molar-refractivity contribution in [3.05, 3.63) is 58.7 Å². The number of benzene rings is 2. The van der Waals surface area contributed by atoms with E-state index >= 15 is 0 Å². The van der Waals surface area contributed by atoms with Gasteiger partial charge in [-0.05, 0) is 61.2 Å². The summed E-state index contributed by atoms with van der Waals surface area (Å²) >= 11 is 0. The number of aromatic hydroxyl groups is 1. The summed E-state index contributed by atoms with van der Waals surface area (Å²) in [5.74, 6) is 1.26. The molecule has 0 amide bonds. The first-order valence-electron chi connectivity index (χ1n) is 7.36. The summed E-state index contributed by atoms with van der Waals surface area (Å²) in [6.07, 6.45) is 1.87. The number of nitrogens with one attached hydrogen (secondary N) is 1. The molecule has 0 aromatic heterocycles. The third kappa shape index (κ3) is 2.88. The van der Waals surface area contributed by atoms with E-state index < -0.39 is 0 Å². The van der Waals surface area contributed by atoms with Crippen LogP contribution in [0.25, 0.3) is 0 Å². The predicted octanol–water partition coefficient (Wildman–Crippen LogP) is 3.14. The SMILES string of the molecule is COc1ccc(C)cc1CC1NCCc2ccc(O)cc21. The van der Waals surface area contributed by atoms with Crippen LogP contribution in [0.1, 0.15) is 28.3 Å². The molecule has 0 fully saturated rings. The molecular formula is C18H21NO2. The number of ether oxygens (including phenoxy) is 1. The van der Waals surface area contributed by atoms with Crippen LogP contribution in [0, 0.1) is 6.92 Å². The standard InChI is InChI=1S/C18H21NO2/c1-12-3-6-18(21-2)14(9-12)10-17-16-11-15(20)5-4-13(16)7-8-19-17/h3-6,9,11,17,19-20H,7-8,10H2,1-2H3. The van der Waals surface area contributed by atoms with Gasteiger partial charge >= 0.3 is 0 Å². The van der Waals surface area contributed by atoms with Crippen molar-refractivity contribution in [2.24, 2.45) is 0 Å². The van der Waals surface area contributed by atoms with Crippen molar-refractivity contribution in [1.29, 1.82) is 0 Å². The Morgan fingerprint density at radius 2 is 2.10 bits per heavy atom. The molecule has 1 aliphatic heterocycles. The Labute approximate surface area is 125 Å². The molecule has 0 aliphatic carbocycles. The molecule has 3 heteroatoms. The summed E-state index contributed by atoms with van der Waals surface area (Å²) in [7, 11) is 1.71. The second-order valence-electron chi connectivity index (χ2n) is 5.66. The van der Waals surface area contributed by atoms with Crippen molar-refractivity contribution < 1.29 is 9.84 Å². The largest absolute Gasteiger partial charge is 0.508 e. The molecule has 1 heterocycles. The number of rotatable bonds is 3. The molecule has 1 aliphatic rings. The first-order chi connectivity index (χ1) is 10.2. The van der Waals surface area contributed by atoms with Crippen molar-refractivity contribution in [2.75, 3.05) is 13.7 Å². The Kier molecular flexibility index (Phi) is 3.84. The molecule has 110 valence electrons. The number of fused-ring (bicyclic) bond motifs is 1. The monoisotopic (exact) mass is 283 g/mol. The molecule has 2 aromatic carbocycles. The van der Waals surface area contributed by atoms with E-state index in [-0.39, 0.29) is 6.04 Å². The fourth-order valence-corrected chi connectivity index (χ4v) is 3.09. The molecule has 3 nitrogen and oxygen atoms in total. The van der Waals surface area contributed by atoms with Crippen LogP contribution < -0.4 is 10.1 Å². The summed E-state index contributed by atoms with van der Waals surface area (Å²) in [5, 5.41) is 13.3. The average Bonchev–Trinajstić information content (AvgIpc) is 2.48. The summed E-state index contributed by atoms with van der Waals surface area (Å²) in [5.41, 5.74) is 4.96. The van der Waals surface area contributed by atoms with E-state index in [9.17, 15) is 5.11 Å². The zero-order valence-electron chi connectivity index (χ0n) is 12.5. The van der Waals surface area contributed by atoms with E-state index in [0.717, 1.165) is 25.1 Å². The zero-order chi connectivity index (χ0) is 14.8. The molecule has 2 N–H and O–H groups in total. The Hall–Kier alpha value is -2.00. The van der Waals surface area contributed by atoms with Crippen LogP contribution in [-0.4, -0.2) is 18.8 Å². The maximum Gasteiger partial charge on any atom is 0.122 e. The van der Waals surface area contributed by atoms with Gasteiger partial charge in [-0.1, -0.05) is 23.8 Å². The molecule has 0 bridgehead atoms. The number of methoxy groups -OCH3 is 1. The third-order valence-electron chi connectivity index (χ3n) is 4.15. The molecule has 1 unspecified atom stereocenters. The molecular weight excluding hydrogens is 262 g/mol. The lowest BCUT2D eigenvalue weighted by Crippen LogP contribution is -2.31. The van der Waals surface area contributed by atoms with Gasteiger partial charge in [0, 0.05) is 6.04 Å². The van der Waals surface area contributed by atoms with Crippen LogP contribution in [0.15, 0.2) is 36.4 Å². The van der Waals surface area contributed by atoms with Gasteiger partial charge in [0.15, 0.2) is 0 Å². The normalized spacial score (nSPS) is 17.3. The van der Waals surface area contributed by atoms with E-state index in [0.29, 0.717) is 5.75 Å². The molecule has 1 atom stereocenters. The minimum Gasteiger partial charge on any atom is -0.508 e. The summed E-state index contributed by atoms with van der Waals surface area (Å²) in [6.45, 7) is 3.06. The maximum absolute atomic E-state index is 9.76. The first kappa shape index (κ1) is 14.0. The third-order valence-corrected chi connectivity index (χ3v) is 4.15. The van der Waals surface area contributed by atoms with E-state index in [1.165, 1.54) is 22.3 Å². The van der Waals surface area contributed by atoms with Gasteiger partial charge in [-0.25, -0.2) is 0 Å². The van der Waals surface area contributed by atoms with Gasteiger partial charge < -0.3 is 15.2 Å². The van der Waals surface area contributed by atoms with Crippen molar-refractivity contribution in [2.45, 2.75) is 25.8 Å². The van der Waals surface area contributed by atoms with Crippen LogP contribution in [-0.2, 0) is 12.8 Å². The van der Waals surface area contributed by atoms with Crippen molar-refractivity contribution >= 4 is 0 Å². The number of hydrogen-bond acceptors (Lipinski definition) is 3. The zero-order valence-corrected chi connectivity index (χ0v) is 12.5. The molecule has 0 spiro atoms. The average molecular weight is 283 g/mol. The van der Waals surface area contributed by atoms with Crippen molar-refractivity contribution in [3.63, 3.8) is 0 Å². The van der Waals surface area contributed by atoms with Crippen LogP contribution in [0.2, 0.25) is 0 Å². The molecule has 3 rings (SSSR count). The number of phenols is 1.